The summed E-state index contributed by atoms with van der Waals surface area (Å²) in [4.78, 5) is 22.8. The van der Waals surface area contributed by atoms with Crippen LogP contribution in [0.15, 0.2) is 18.2 Å². The zero-order chi connectivity index (χ0) is 15.7. The molecule has 1 amide bonds. The van der Waals surface area contributed by atoms with Gasteiger partial charge >= 0.3 is 5.97 Å². The minimum Gasteiger partial charge on any atom is -0.496 e. The van der Waals surface area contributed by atoms with Crippen LogP contribution in [0.3, 0.4) is 0 Å². The SMILES string of the molecule is COC(=O)CCCCCNC(=O)c1cc(F)ccc1OC. The number of hydrogen-bond acceptors (Lipinski definition) is 4. The van der Waals surface area contributed by atoms with Crippen LogP contribution in [0.5, 0.6) is 5.75 Å². The molecule has 0 unspecified atom stereocenters. The van der Waals surface area contributed by atoms with E-state index in [0.717, 1.165) is 18.9 Å². The summed E-state index contributed by atoms with van der Waals surface area (Å²) in [6.07, 6.45) is 2.63. The predicted molar refractivity (Wildman–Crippen MR) is 75.8 cm³/mol. The van der Waals surface area contributed by atoms with Gasteiger partial charge in [0.25, 0.3) is 5.91 Å². The van der Waals surface area contributed by atoms with E-state index in [1.54, 1.807) is 0 Å². The summed E-state index contributed by atoms with van der Waals surface area (Å²) in [5.41, 5.74) is 0.173. The average molecular weight is 297 g/mol. The van der Waals surface area contributed by atoms with Gasteiger partial charge in [0.1, 0.15) is 11.6 Å². The van der Waals surface area contributed by atoms with Crippen LogP contribution in [0.1, 0.15) is 36.0 Å². The van der Waals surface area contributed by atoms with E-state index >= 15 is 0 Å². The van der Waals surface area contributed by atoms with Crippen molar-refractivity contribution in [1.82, 2.24) is 5.32 Å². The maximum absolute atomic E-state index is 13.2. The second-order valence-corrected chi connectivity index (χ2v) is 4.49. The fourth-order valence-corrected chi connectivity index (χ4v) is 1.83. The number of ether oxygens (including phenoxy) is 2. The van der Waals surface area contributed by atoms with Crippen LogP contribution >= 0.6 is 0 Å². The molecule has 0 aliphatic heterocycles. The van der Waals surface area contributed by atoms with Gasteiger partial charge in [-0.15, -0.1) is 0 Å². The molecule has 5 nitrogen and oxygen atoms in total. The van der Waals surface area contributed by atoms with Crippen molar-refractivity contribution in [2.45, 2.75) is 25.7 Å². The molecule has 21 heavy (non-hydrogen) atoms. The first-order valence-corrected chi connectivity index (χ1v) is 6.77. The molecule has 6 heteroatoms. The van der Waals surface area contributed by atoms with Crippen LogP contribution in [0, 0.1) is 5.82 Å². The highest BCUT2D eigenvalue weighted by atomic mass is 19.1. The lowest BCUT2D eigenvalue weighted by Crippen LogP contribution is -2.25. The fourth-order valence-electron chi connectivity index (χ4n) is 1.83. The van der Waals surface area contributed by atoms with Gasteiger partial charge in [0.15, 0.2) is 0 Å². The number of nitrogens with one attached hydrogen (secondary N) is 1. The zero-order valence-corrected chi connectivity index (χ0v) is 12.3. The summed E-state index contributed by atoms with van der Waals surface area (Å²) in [5, 5.41) is 2.70. The molecule has 1 aromatic rings. The van der Waals surface area contributed by atoms with Gasteiger partial charge < -0.3 is 14.8 Å². The summed E-state index contributed by atoms with van der Waals surface area (Å²) >= 11 is 0. The number of methoxy groups -OCH3 is 2. The van der Waals surface area contributed by atoms with Crippen molar-refractivity contribution in [2.24, 2.45) is 0 Å². The van der Waals surface area contributed by atoms with Crippen LogP contribution in [-0.2, 0) is 9.53 Å². The molecule has 1 rings (SSSR count). The largest absolute Gasteiger partial charge is 0.496 e. The molecule has 0 saturated heterocycles. The Morgan fingerprint density at radius 1 is 1.19 bits per heavy atom. The van der Waals surface area contributed by atoms with Crippen LogP contribution in [-0.4, -0.2) is 32.6 Å². The highest BCUT2D eigenvalue weighted by Crippen LogP contribution is 2.19. The van der Waals surface area contributed by atoms with Gasteiger partial charge in [-0.3, -0.25) is 9.59 Å². The molecule has 0 radical (unpaired) electrons. The molecule has 0 fully saturated rings. The molecule has 0 aromatic heterocycles. The van der Waals surface area contributed by atoms with Gasteiger partial charge in [-0.2, -0.15) is 0 Å². The molecule has 0 spiro atoms. The number of carbonyl (C=O) groups excluding carboxylic acids is 2. The predicted octanol–water partition coefficient (Wildman–Crippen LogP) is 2.30. The van der Waals surface area contributed by atoms with Gasteiger partial charge in [-0.25, -0.2) is 4.39 Å². The lowest BCUT2D eigenvalue weighted by molar-refractivity contribution is -0.140. The Labute approximate surface area is 123 Å². The molecule has 0 heterocycles. The smallest absolute Gasteiger partial charge is 0.305 e. The number of carbonyl (C=O) groups is 2. The summed E-state index contributed by atoms with van der Waals surface area (Å²) in [6.45, 7) is 0.458. The third kappa shape index (κ3) is 5.81. The van der Waals surface area contributed by atoms with Gasteiger partial charge in [0, 0.05) is 13.0 Å². The molecule has 0 saturated carbocycles. The van der Waals surface area contributed by atoms with Crippen molar-refractivity contribution in [3.05, 3.63) is 29.6 Å². The number of halogens is 1. The average Bonchev–Trinajstić information content (AvgIpc) is 2.50. The van der Waals surface area contributed by atoms with Crippen molar-refractivity contribution < 1.29 is 23.5 Å². The Morgan fingerprint density at radius 3 is 2.62 bits per heavy atom. The number of benzene rings is 1. The third-order valence-corrected chi connectivity index (χ3v) is 2.98. The first-order valence-electron chi connectivity index (χ1n) is 6.77. The number of unbranched alkanes of at least 4 members (excludes halogenated alkanes) is 2. The van der Waals surface area contributed by atoms with Gasteiger partial charge in [-0.1, -0.05) is 6.42 Å². The summed E-state index contributed by atoms with van der Waals surface area (Å²) in [7, 11) is 2.78. The first kappa shape index (κ1) is 16.9. The normalized spacial score (nSPS) is 10.0. The molecule has 0 aliphatic rings. The highest BCUT2D eigenvalue weighted by Gasteiger charge is 2.12. The van der Waals surface area contributed by atoms with Crippen LogP contribution in [0.2, 0.25) is 0 Å². The topological polar surface area (TPSA) is 64.6 Å². The minimum absolute atomic E-state index is 0.173. The van der Waals surface area contributed by atoms with Crippen LogP contribution in [0.25, 0.3) is 0 Å². The number of hydrogen-bond donors (Lipinski definition) is 1. The molecular weight excluding hydrogens is 277 g/mol. The van der Waals surface area contributed by atoms with E-state index in [2.05, 4.69) is 10.1 Å². The first-order chi connectivity index (χ1) is 10.1. The van der Waals surface area contributed by atoms with E-state index in [-0.39, 0.29) is 17.4 Å². The molecule has 1 aromatic carbocycles. The minimum atomic E-state index is -0.487. The molecule has 0 aliphatic carbocycles. The Morgan fingerprint density at radius 2 is 1.95 bits per heavy atom. The third-order valence-electron chi connectivity index (χ3n) is 2.98. The monoisotopic (exact) mass is 297 g/mol. The van der Waals surface area contributed by atoms with E-state index in [1.165, 1.54) is 26.4 Å². The molecule has 0 atom stereocenters. The zero-order valence-electron chi connectivity index (χ0n) is 12.3. The number of amides is 1. The van der Waals surface area contributed by atoms with E-state index in [0.29, 0.717) is 25.1 Å². The van der Waals surface area contributed by atoms with E-state index in [4.69, 9.17) is 4.74 Å². The summed E-state index contributed by atoms with van der Waals surface area (Å²) < 4.78 is 22.7. The Balaban J connectivity index is 2.34. The van der Waals surface area contributed by atoms with Crippen molar-refractivity contribution >= 4 is 11.9 Å². The van der Waals surface area contributed by atoms with Crippen molar-refractivity contribution in [3.63, 3.8) is 0 Å². The van der Waals surface area contributed by atoms with Gasteiger partial charge in [-0.05, 0) is 31.0 Å². The maximum atomic E-state index is 13.2. The van der Waals surface area contributed by atoms with Gasteiger partial charge in [0.2, 0.25) is 0 Å². The number of rotatable bonds is 8. The van der Waals surface area contributed by atoms with Crippen molar-refractivity contribution in [3.8, 4) is 5.75 Å². The number of esters is 1. The van der Waals surface area contributed by atoms with Crippen molar-refractivity contribution in [2.75, 3.05) is 20.8 Å². The van der Waals surface area contributed by atoms with Crippen LogP contribution in [0.4, 0.5) is 4.39 Å². The maximum Gasteiger partial charge on any atom is 0.305 e. The Bertz CT molecular complexity index is 491. The standard InChI is InChI=1S/C15H20FNO4/c1-20-13-8-7-11(16)10-12(13)15(19)17-9-5-3-4-6-14(18)21-2/h7-8,10H,3-6,9H2,1-2H3,(H,17,19). The van der Waals surface area contributed by atoms with E-state index in [9.17, 15) is 14.0 Å². The lowest BCUT2D eigenvalue weighted by atomic mass is 10.1. The second-order valence-electron chi connectivity index (χ2n) is 4.49. The van der Waals surface area contributed by atoms with E-state index in [1.807, 2.05) is 0 Å². The summed E-state index contributed by atoms with van der Waals surface area (Å²) in [6, 6.07) is 3.80. The highest BCUT2D eigenvalue weighted by molar-refractivity contribution is 5.96. The Kier molecular flexibility index (Phi) is 7.21. The molecule has 116 valence electrons. The van der Waals surface area contributed by atoms with E-state index < -0.39 is 5.82 Å². The van der Waals surface area contributed by atoms with Crippen molar-refractivity contribution in [1.29, 1.82) is 0 Å². The molecular formula is C15H20FNO4. The fraction of sp³-hybridized carbons (Fsp3) is 0.467. The molecule has 0 bridgehead atoms. The lowest BCUT2D eigenvalue weighted by Gasteiger charge is -2.09. The quantitative estimate of drug-likeness (QED) is 0.590. The second kappa shape index (κ2) is 8.94. The Hall–Kier alpha value is -2.11. The van der Waals surface area contributed by atoms with Gasteiger partial charge in [0.05, 0.1) is 19.8 Å². The molecule has 1 N–H and O–H groups in total. The summed E-state index contributed by atoms with van der Waals surface area (Å²) in [5.74, 6) is -0.763. The van der Waals surface area contributed by atoms with Crippen LogP contribution < -0.4 is 10.1 Å².